The highest BCUT2D eigenvalue weighted by molar-refractivity contribution is 5.68. The number of carbonyl (C=O) groups excluding carboxylic acids is 1. The van der Waals surface area contributed by atoms with E-state index in [-0.39, 0.29) is 5.97 Å². The molecule has 0 unspecified atom stereocenters. The summed E-state index contributed by atoms with van der Waals surface area (Å²) in [5, 5.41) is 0. The van der Waals surface area contributed by atoms with Gasteiger partial charge in [-0.1, -0.05) is 61.5 Å². The van der Waals surface area contributed by atoms with E-state index in [9.17, 15) is 4.79 Å². The third-order valence-electron chi connectivity index (χ3n) is 3.23. The van der Waals surface area contributed by atoms with E-state index in [4.69, 9.17) is 4.74 Å². The Balaban J connectivity index is 1.90. The van der Waals surface area contributed by atoms with Crippen LogP contribution in [0.2, 0.25) is 0 Å². The van der Waals surface area contributed by atoms with Gasteiger partial charge in [-0.15, -0.1) is 0 Å². The molecule has 2 rings (SSSR count). The van der Waals surface area contributed by atoms with Crippen LogP contribution in [0.4, 0.5) is 0 Å². The van der Waals surface area contributed by atoms with E-state index in [1.54, 1.807) is 6.92 Å². The Bertz CT molecular complexity index is 546. The third kappa shape index (κ3) is 4.54. The normalized spacial score (nSPS) is 10.2. The molecule has 0 bridgehead atoms. The Morgan fingerprint density at radius 2 is 1.55 bits per heavy atom. The van der Waals surface area contributed by atoms with Gasteiger partial charge in [0.15, 0.2) is 0 Å². The fourth-order valence-corrected chi connectivity index (χ4v) is 2.07. The predicted octanol–water partition coefficient (Wildman–Crippen LogP) is 3.93. The van der Waals surface area contributed by atoms with Gasteiger partial charge in [-0.3, -0.25) is 4.79 Å². The second-order valence-electron chi connectivity index (χ2n) is 4.82. The molecule has 0 aliphatic heterocycles. The maximum Gasteiger partial charge on any atom is 0.305 e. The summed E-state index contributed by atoms with van der Waals surface area (Å²) < 4.78 is 5.16. The molecule has 0 saturated heterocycles. The molecule has 0 fully saturated rings. The summed E-state index contributed by atoms with van der Waals surface area (Å²) in [5.41, 5.74) is 3.67. The quantitative estimate of drug-likeness (QED) is 0.742. The summed E-state index contributed by atoms with van der Waals surface area (Å²) in [6.07, 6.45) is 2.45. The molecule has 0 saturated carbocycles. The molecule has 0 spiro atoms. The maximum atomic E-state index is 11.2. The monoisotopic (exact) mass is 268 g/mol. The van der Waals surface area contributed by atoms with E-state index in [0.717, 1.165) is 18.4 Å². The zero-order chi connectivity index (χ0) is 14.2. The van der Waals surface area contributed by atoms with Gasteiger partial charge in [-0.05, 0) is 29.5 Å². The molecule has 0 aliphatic carbocycles. The number of esters is 1. The van der Waals surface area contributed by atoms with Crippen molar-refractivity contribution in [2.45, 2.75) is 32.8 Å². The number of benzene rings is 2. The molecule has 2 heteroatoms. The Morgan fingerprint density at radius 3 is 2.30 bits per heavy atom. The van der Waals surface area contributed by atoms with Crippen molar-refractivity contribution in [2.75, 3.05) is 0 Å². The fourth-order valence-electron chi connectivity index (χ4n) is 2.07. The second-order valence-corrected chi connectivity index (χ2v) is 4.82. The van der Waals surface area contributed by atoms with E-state index >= 15 is 0 Å². The fraction of sp³-hybridized carbons (Fsp3) is 0.278. The van der Waals surface area contributed by atoms with Crippen molar-refractivity contribution >= 4 is 5.97 Å². The minimum Gasteiger partial charge on any atom is -0.461 e. The van der Waals surface area contributed by atoms with Crippen molar-refractivity contribution in [3.63, 3.8) is 0 Å². The van der Waals surface area contributed by atoms with Crippen molar-refractivity contribution in [1.82, 2.24) is 0 Å². The molecule has 0 radical (unpaired) electrons. The van der Waals surface area contributed by atoms with E-state index in [0.29, 0.717) is 13.0 Å². The smallest absolute Gasteiger partial charge is 0.305 e. The zero-order valence-electron chi connectivity index (χ0n) is 11.8. The lowest BCUT2D eigenvalue weighted by molar-refractivity contribution is -0.144. The van der Waals surface area contributed by atoms with Gasteiger partial charge in [0.05, 0.1) is 0 Å². The average Bonchev–Trinajstić information content (AvgIpc) is 2.52. The second kappa shape index (κ2) is 7.49. The van der Waals surface area contributed by atoms with Crippen LogP contribution in [0.25, 0.3) is 0 Å². The summed E-state index contributed by atoms with van der Waals surface area (Å²) in [6.45, 7) is 2.17. The van der Waals surface area contributed by atoms with Gasteiger partial charge in [-0.2, -0.15) is 0 Å². The molecule has 104 valence electrons. The first kappa shape index (κ1) is 14.3. The highest BCUT2D eigenvalue weighted by Gasteiger charge is 2.01. The van der Waals surface area contributed by atoms with Crippen molar-refractivity contribution in [3.05, 3.63) is 71.3 Å². The summed E-state index contributed by atoms with van der Waals surface area (Å²) >= 11 is 0. The number of ether oxygens (including phenoxy) is 1. The van der Waals surface area contributed by atoms with Crippen molar-refractivity contribution in [3.8, 4) is 0 Å². The van der Waals surface area contributed by atoms with Crippen LogP contribution < -0.4 is 0 Å². The van der Waals surface area contributed by atoms with E-state index in [2.05, 4.69) is 36.4 Å². The molecule has 0 aromatic heterocycles. The average molecular weight is 268 g/mol. The van der Waals surface area contributed by atoms with Gasteiger partial charge < -0.3 is 4.74 Å². The first-order valence-corrected chi connectivity index (χ1v) is 7.05. The SMILES string of the molecule is CCC(=O)OCc1cccc(CCc2ccccc2)c1. The third-order valence-corrected chi connectivity index (χ3v) is 3.23. The standard InChI is InChI=1S/C18H20O2/c1-2-18(19)20-14-17-10-6-9-16(13-17)12-11-15-7-4-3-5-8-15/h3-10,13H,2,11-12,14H2,1H3. The molecule has 0 amide bonds. The number of hydrogen-bond donors (Lipinski definition) is 0. The Labute approximate surface area is 120 Å². The topological polar surface area (TPSA) is 26.3 Å². The highest BCUT2D eigenvalue weighted by atomic mass is 16.5. The molecule has 2 nitrogen and oxygen atoms in total. The van der Waals surface area contributed by atoms with Crippen molar-refractivity contribution < 1.29 is 9.53 Å². The molecular weight excluding hydrogens is 248 g/mol. The van der Waals surface area contributed by atoms with Crippen LogP contribution >= 0.6 is 0 Å². The minimum atomic E-state index is -0.153. The Hall–Kier alpha value is -2.09. The van der Waals surface area contributed by atoms with Gasteiger partial charge in [0.25, 0.3) is 0 Å². The van der Waals surface area contributed by atoms with Crippen LogP contribution in [-0.4, -0.2) is 5.97 Å². The Morgan fingerprint density at radius 1 is 0.900 bits per heavy atom. The first-order valence-electron chi connectivity index (χ1n) is 7.05. The van der Waals surface area contributed by atoms with Gasteiger partial charge in [0.2, 0.25) is 0 Å². The van der Waals surface area contributed by atoms with Gasteiger partial charge in [0.1, 0.15) is 6.61 Å². The summed E-state index contributed by atoms with van der Waals surface area (Å²) in [4.78, 5) is 11.2. The molecule has 2 aromatic carbocycles. The van der Waals surface area contributed by atoms with E-state index < -0.39 is 0 Å². The van der Waals surface area contributed by atoms with Crippen LogP contribution in [0, 0.1) is 0 Å². The van der Waals surface area contributed by atoms with E-state index in [1.807, 2.05) is 18.2 Å². The molecule has 0 atom stereocenters. The van der Waals surface area contributed by atoms with Crippen molar-refractivity contribution in [1.29, 1.82) is 0 Å². The summed E-state index contributed by atoms with van der Waals surface area (Å²) in [6, 6.07) is 18.7. The molecule has 0 heterocycles. The summed E-state index contributed by atoms with van der Waals surface area (Å²) in [7, 11) is 0. The van der Waals surface area contributed by atoms with Crippen LogP contribution in [-0.2, 0) is 29.0 Å². The molecule has 2 aromatic rings. The number of rotatable bonds is 6. The van der Waals surface area contributed by atoms with Gasteiger partial charge >= 0.3 is 5.97 Å². The lowest BCUT2D eigenvalue weighted by Crippen LogP contribution is -2.02. The number of hydrogen-bond acceptors (Lipinski definition) is 2. The molecular formula is C18H20O2. The molecule has 0 aliphatic rings. The van der Waals surface area contributed by atoms with Gasteiger partial charge in [-0.25, -0.2) is 0 Å². The summed E-state index contributed by atoms with van der Waals surface area (Å²) in [5.74, 6) is -0.153. The molecule has 20 heavy (non-hydrogen) atoms. The first-order chi connectivity index (χ1) is 9.78. The van der Waals surface area contributed by atoms with E-state index in [1.165, 1.54) is 11.1 Å². The molecule has 0 N–H and O–H groups in total. The number of carbonyl (C=O) groups is 1. The highest BCUT2D eigenvalue weighted by Crippen LogP contribution is 2.11. The van der Waals surface area contributed by atoms with Crippen LogP contribution in [0.5, 0.6) is 0 Å². The lowest BCUT2D eigenvalue weighted by Gasteiger charge is -2.06. The predicted molar refractivity (Wildman–Crippen MR) is 80.4 cm³/mol. The lowest BCUT2D eigenvalue weighted by atomic mass is 10.0. The van der Waals surface area contributed by atoms with Crippen LogP contribution in [0.15, 0.2) is 54.6 Å². The maximum absolute atomic E-state index is 11.2. The van der Waals surface area contributed by atoms with Crippen LogP contribution in [0.1, 0.15) is 30.0 Å². The van der Waals surface area contributed by atoms with Crippen molar-refractivity contribution in [2.24, 2.45) is 0 Å². The number of aryl methyl sites for hydroxylation is 2. The largest absolute Gasteiger partial charge is 0.461 e. The van der Waals surface area contributed by atoms with Gasteiger partial charge in [0, 0.05) is 6.42 Å². The zero-order valence-corrected chi connectivity index (χ0v) is 11.8. The van der Waals surface area contributed by atoms with Crippen LogP contribution in [0.3, 0.4) is 0 Å². The minimum absolute atomic E-state index is 0.153. The Kier molecular flexibility index (Phi) is 5.36.